The van der Waals surface area contributed by atoms with Crippen LogP contribution >= 0.6 is 0 Å². The molecule has 2 aromatic carbocycles. The summed E-state index contributed by atoms with van der Waals surface area (Å²) >= 11 is 0. The zero-order chi connectivity index (χ0) is 22.4. The minimum absolute atomic E-state index is 0.0132. The molecule has 0 aromatic heterocycles. The maximum Gasteiger partial charge on any atom is 0.159 e. The Labute approximate surface area is 184 Å². The lowest BCUT2D eigenvalue weighted by Crippen LogP contribution is -2.42. The number of aliphatic hydroxyl groups excluding tert-OH is 1. The minimum Gasteiger partial charge on any atom is -0.491 e. The van der Waals surface area contributed by atoms with Gasteiger partial charge in [-0.2, -0.15) is 0 Å². The lowest BCUT2D eigenvalue weighted by molar-refractivity contribution is 0.0524. The highest BCUT2D eigenvalue weighted by atomic mass is 32.2. The molecule has 7 heteroatoms. The molecule has 1 heterocycles. The van der Waals surface area contributed by atoms with E-state index in [1.807, 2.05) is 0 Å². The minimum atomic E-state index is -3.03. The molecule has 1 fully saturated rings. The number of ketones is 1. The van der Waals surface area contributed by atoms with Gasteiger partial charge < -0.3 is 9.84 Å². The molecule has 0 saturated carbocycles. The van der Waals surface area contributed by atoms with E-state index in [2.05, 4.69) is 36.1 Å². The number of nitrogens with zero attached hydrogens (tertiary/aromatic N) is 1. The van der Waals surface area contributed by atoms with Crippen molar-refractivity contribution in [2.75, 3.05) is 24.7 Å². The Morgan fingerprint density at radius 3 is 2.32 bits per heavy atom. The highest BCUT2D eigenvalue weighted by Crippen LogP contribution is 2.21. The zero-order valence-corrected chi connectivity index (χ0v) is 19.0. The van der Waals surface area contributed by atoms with Crippen LogP contribution in [0.15, 0.2) is 48.5 Å². The normalized spacial score (nSPS) is 18.8. The van der Waals surface area contributed by atoms with E-state index in [-0.39, 0.29) is 29.9 Å². The van der Waals surface area contributed by atoms with Crippen LogP contribution in [0.3, 0.4) is 0 Å². The number of benzene rings is 2. The van der Waals surface area contributed by atoms with Crippen molar-refractivity contribution in [2.45, 2.75) is 45.4 Å². The van der Waals surface area contributed by atoms with Gasteiger partial charge in [-0.1, -0.05) is 31.2 Å². The first-order chi connectivity index (χ1) is 14.8. The lowest BCUT2D eigenvalue weighted by Gasteiger charge is -2.30. The summed E-state index contributed by atoms with van der Waals surface area (Å²) in [5.74, 6) is 0.882. The number of ether oxygens (including phenoxy) is 1. The number of carbonyl (C=O) groups is 1. The number of carbonyl (C=O) groups excluding carboxylic acids is 1. The van der Waals surface area contributed by atoms with E-state index in [1.54, 1.807) is 24.3 Å². The number of rotatable bonds is 10. The van der Waals surface area contributed by atoms with Crippen molar-refractivity contribution in [3.05, 3.63) is 65.2 Å². The van der Waals surface area contributed by atoms with Gasteiger partial charge in [0.05, 0.1) is 11.5 Å². The fourth-order valence-electron chi connectivity index (χ4n) is 3.82. The summed E-state index contributed by atoms with van der Waals surface area (Å²) < 4.78 is 29.7. The third-order valence-corrected chi connectivity index (χ3v) is 7.44. The lowest BCUT2D eigenvalue weighted by atomic mass is 10.1. The van der Waals surface area contributed by atoms with Crippen molar-refractivity contribution in [1.82, 2.24) is 4.90 Å². The molecule has 168 valence electrons. The molecule has 1 saturated heterocycles. The van der Waals surface area contributed by atoms with E-state index >= 15 is 0 Å². The molecule has 0 spiro atoms. The van der Waals surface area contributed by atoms with Crippen molar-refractivity contribution in [1.29, 1.82) is 0 Å². The van der Waals surface area contributed by atoms with Gasteiger partial charge in [-0.15, -0.1) is 0 Å². The molecule has 0 amide bonds. The number of aliphatic hydroxyl groups is 1. The predicted octanol–water partition coefficient (Wildman–Crippen LogP) is 2.88. The molecule has 0 aliphatic carbocycles. The number of hydrogen-bond acceptors (Lipinski definition) is 6. The van der Waals surface area contributed by atoms with Crippen LogP contribution in [0.1, 0.15) is 41.8 Å². The molecule has 0 bridgehead atoms. The Balaban J connectivity index is 1.63. The quantitative estimate of drug-likeness (QED) is 0.566. The summed E-state index contributed by atoms with van der Waals surface area (Å²) in [7, 11) is -3.03. The Morgan fingerprint density at radius 1 is 1.13 bits per heavy atom. The van der Waals surface area contributed by atoms with E-state index in [0.29, 0.717) is 30.8 Å². The highest BCUT2D eigenvalue weighted by molar-refractivity contribution is 7.91. The Morgan fingerprint density at radius 2 is 1.77 bits per heavy atom. The van der Waals surface area contributed by atoms with Crippen LogP contribution in [0.5, 0.6) is 5.75 Å². The van der Waals surface area contributed by atoms with Gasteiger partial charge in [0.15, 0.2) is 15.6 Å². The van der Waals surface area contributed by atoms with E-state index < -0.39 is 15.9 Å². The van der Waals surface area contributed by atoms with Gasteiger partial charge in [-0.3, -0.25) is 9.69 Å². The molecule has 1 aliphatic heterocycles. The van der Waals surface area contributed by atoms with Gasteiger partial charge in [-0.05, 0) is 55.2 Å². The highest BCUT2D eigenvalue weighted by Gasteiger charge is 2.33. The molecular weight excluding hydrogens is 414 g/mol. The maximum absolute atomic E-state index is 12.0. The second-order valence-electron chi connectivity index (χ2n) is 8.20. The summed E-state index contributed by atoms with van der Waals surface area (Å²) in [6.45, 7) is 4.60. The van der Waals surface area contributed by atoms with Gasteiger partial charge in [0.25, 0.3) is 0 Å². The van der Waals surface area contributed by atoms with Crippen LogP contribution in [0, 0.1) is 0 Å². The van der Waals surface area contributed by atoms with Crippen LogP contribution in [0.4, 0.5) is 0 Å². The average molecular weight is 446 g/mol. The van der Waals surface area contributed by atoms with Crippen LogP contribution in [-0.4, -0.2) is 61.0 Å². The SMILES string of the molecule is CCc1ccc(CN(CC(O)COc2ccc(C(C)=O)cc2)C2CCS(=O)(=O)C2)cc1. The molecule has 1 N–H and O–H groups in total. The molecule has 3 rings (SSSR count). The zero-order valence-electron chi connectivity index (χ0n) is 18.2. The standard InChI is InChI=1S/C24H31NO5S/c1-3-19-4-6-20(7-5-19)14-25(22-12-13-31(28,29)17-22)15-23(27)16-30-24-10-8-21(9-11-24)18(2)26/h4-11,22-23,27H,3,12-17H2,1-2H3. The summed E-state index contributed by atoms with van der Waals surface area (Å²) in [6.07, 6.45) is 0.773. The van der Waals surface area contributed by atoms with Crippen molar-refractivity contribution in [3.8, 4) is 5.75 Å². The second-order valence-corrected chi connectivity index (χ2v) is 10.4. The molecule has 1 aliphatic rings. The molecule has 2 atom stereocenters. The van der Waals surface area contributed by atoms with Gasteiger partial charge in [0.1, 0.15) is 18.5 Å². The second kappa shape index (κ2) is 10.4. The monoisotopic (exact) mass is 445 g/mol. The fraction of sp³-hybridized carbons (Fsp3) is 0.458. The third kappa shape index (κ3) is 6.89. The van der Waals surface area contributed by atoms with E-state index in [4.69, 9.17) is 4.74 Å². The molecule has 0 radical (unpaired) electrons. The van der Waals surface area contributed by atoms with Crippen LogP contribution in [0.2, 0.25) is 0 Å². The van der Waals surface area contributed by atoms with Crippen molar-refractivity contribution in [3.63, 3.8) is 0 Å². The van der Waals surface area contributed by atoms with E-state index in [0.717, 1.165) is 12.0 Å². The van der Waals surface area contributed by atoms with Crippen molar-refractivity contribution in [2.24, 2.45) is 0 Å². The maximum atomic E-state index is 12.0. The molecular formula is C24H31NO5S. The predicted molar refractivity (Wildman–Crippen MR) is 121 cm³/mol. The van der Waals surface area contributed by atoms with Gasteiger partial charge >= 0.3 is 0 Å². The van der Waals surface area contributed by atoms with E-state index in [9.17, 15) is 18.3 Å². The first-order valence-corrected chi connectivity index (χ1v) is 12.5. The summed E-state index contributed by atoms with van der Waals surface area (Å²) in [5, 5.41) is 10.6. The fourth-order valence-corrected chi connectivity index (χ4v) is 5.58. The first kappa shape index (κ1) is 23.4. The van der Waals surface area contributed by atoms with Crippen LogP contribution < -0.4 is 4.74 Å². The first-order valence-electron chi connectivity index (χ1n) is 10.7. The molecule has 31 heavy (non-hydrogen) atoms. The van der Waals surface area contributed by atoms with Gasteiger partial charge in [0, 0.05) is 24.7 Å². The van der Waals surface area contributed by atoms with Crippen LogP contribution in [-0.2, 0) is 22.8 Å². The van der Waals surface area contributed by atoms with Crippen molar-refractivity contribution < 1.29 is 23.1 Å². The molecule has 6 nitrogen and oxygen atoms in total. The van der Waals surface area contributed by atoms with Crippen LogP contribution in [0.25, 0.3) is 0 Å². The third-order valence-electron chi connectivity index (χ3n) is 5.69. The largest absolute Gasteiger partial charge is 0.491 e. The molecule has 2 unspecified atom stereocenters. The Hall–Kier alpha value is -2.22. The summed E-state index contributed by atoms with van der Waals surface area (Å²) in [5.41, 5.74) is 2.95. The van der Waals surface area contributed by atoms with Gasteiger partial charge in [0.2, 0.25) is 0 Å². The summed E-state index contributed by atoms with van der Waals surface area (Å²) in [6, 6.07) is 15.0. The Bertz CT molecular complexity index is 970. The van der Waals surface area contributed by atoms with Gasteiger partial charge in [-0.25, -0.2) is 8.42 Å². The smallest absolute Gasteiger partial charge is 0.159 e. The summed E-state index contributed by atoms with van der Waals surface area (Å²) in [4.78, 5) is 13.4. The number of hydrogen-bond donors (Lipinski definition) is 1. The topological polar surface area (TPSA) is 83.9 Å². The molecule has 2 aromatic rings. The average Bonchev–Trinajstić information content (AvgIpc) is 3.12. The number of sulfone groups is 1. The van der Waals surface area contributed by atoms with Crippen molar-refractivity contribution >= 4 is 15.6 Å². The number of Topliss-reactive ketones (excluding diaryl/α,β-unsaturated/α-hetero) is 1. The Kier molecular flexibility index (Phi) is 7.86. The number of aryl methyl sites for hydroxylation is 1. The van der Waals surface area contributed by atoms with E-state index in [1.165, 1.54) is 12.5 Å².